The van der Waals surface area contributed by atoms with E-state index in [2.05, 4.69) is 4.90 Å². The minimum atomic E-state index is 0.179. The van der Waals surface area contributed by atoms with E-state index in [-0.39, 0.29) is 6.61 Å². The normalized spacial score (nSPS) is 11.6. The van der Waals surface area contributed by atoms with Gasteiger partial charge in [-0.25, -0.2) is 0 Å². The van der Waals surface area contributed by atoms with Crippen molar-refractivity contribution in [3.8, 4) is 0 Å². The first-order valence-electron chi connectivity index (χ1n) is 10.5. The van der Waals surface area contributed by atoms with Crippen LogP contribution in [0.25, 0.3) is 0 Å². The van der Waals surface area contributed by atoms with E-state index in [9.17, 15) is 0 Å². The van der Waals surface area contributed by atoms with Gasteiger partial charge in [-0.05, 0) is 6.42 Å². The number of rotatable bonds is 25. The van der Waals surface area contributed by atoms with Crippen LogP contribution in [-0.4, -0.2) is 129 Å². The largest absolute Gasteiger partial charge is 0.396 e. The highest BCUT2D eigenvalue weighted by atomic mass is 16.5. The molecule has 0 aromatic carbocycles. The summed E-state index contributed by atoms with van der Waals surface area (Å²) in [6.45, 7) is 10.4. The fourth-order valence-electron chi connectivity index (χ4n) is 2.27. The molecule has 0 saturated carbocycles. The van der Waals surface area contributed by atoms with Crippen LogP contribution < -0.4 is 11.5 Å². The van der Waals surface area contributed by atoms with Crippen molar-refractivity contribution >= 4 is 0 Å². The van der Waals surface area contributed by atoms with Gasteiger partial charge in [0, 0.05) is 39.3 Å². The molecule has 0 aromatic heterocycles. The molecule has 0 heterocycles. The molecule has 0 aromatic rings. The van der Waals surface area contributed by atoms with Gasteiger partial charge in [0.1, 0.15) is 0 Å². The number of nitrogens with zero attached hydrogens (tertiary/aromatic N) is 1. The lowest BCUT2D eigenvalue weighted by molar-refractivity contribution is 0.00308. The van der Waals surface area contributed by atoms with E-state index in [0.717, 1.165) is 26.1 Å². The van der Waals surface area contributed by atoms with Crippen molar-refractivity contribution in [1.29, 1.82) is 0 Å². The molecule has 0 aliphatic heterocycles. The Kier molecular flexibility index (Phi) is 25.3. The molecule has 176 valence electrons. The Labute approximate surface area is 175 Å². The second-order valence-corrected chi connectivity index (χ2v) is 6.17. The van der Waals surface area contributed by atoms with Gasteiger partial charge < -0.3 is 45.0 Å². The van der Waals surface area contributed by atoms with Gasteiger partial charge >= 0.3 is 0 Å². The lowest BCUT2D eigenvalue weighted by Gasteiger charge is -2.21. The maximum absolute atomic E-state index is 9.05. The third kappa shape index (κ3) is 23.7. The number of hydrogen-bond acceptors (Lipinski definition) is 10. The van der Waals surface area contributed by atoms with Gasteiger partial charge in [0.05, 0.1) is 79.3 Å². The zero-order valence-electron chi connectivity index (χ0n) is 17.9. The smallest absolute Gasteiger partial charge is 0.0701 e. The summed E-state index contributed by atoms with van der Waals surface area (Å²) < 4.78 is 32.5. The van der Waals surface area contributed by atoms with Crippen molar-refractivity contribution in [3.05, 3.63) is 0 Å². The fourth-order valence-corrected chi connectivity index (χ4v) is 2.27. The molecule has 10 nitrogen and oxygen atoms in total. The van der Waals surface area contributed by atoms with E-state index in [1.54, 1.807) is 0 Å². The summed E-state index contributed by atoms with van der Waals surface area (Å²) in [6.07, 6.45) is 0.734. The Balaban J connectivity index is 3.52. The van der Waals surface area contributed by atoms with E-state index in [1.807, 2.05) is 0 Å². The first-order chi connectivity index (χ1) is 14.3. The van der Waals surface area contributed by atoms with Crippen molar-refractivity contribution in [3.63, 3.8) is 0 Å². The van der Waals surface area contributed by atoms with Gasteiger partial charge in [-0.2, -0.15) is 0 Å². The highest BCUT2D eigenvalue weighted by Crippen LogP contribution is 1.93. The quantitative estimate of drug-likeness (QED) is 0.151. The molecule has 0 spiro atoms. The number of hydrogen-bond donors (Lipinski definition) is 3. The maximum atomic E-state index is 9.05. The molecule has 0 aliphatic carbocycles. The van der Waals surface area contributed by atoms with Gasteiger partial charge in [0.2, 0.25) is 0 Å². The van der Waals surface area contributed by atoms with Crippen molar-refractivity contribution in [2.75, 3.05) is 119 Å². The molecule has 0 bridgehead atoms. The van der Waals surface area contributed by atoms with Crippen LogP contribution in [0.4, 0.5) is 0 Å². The van der Waals surface area contributed by atoms with E-state index < -0.39 is 0 Å². The van der Waals surface area contributed by atoms with E-state index in [0.29, 0.717) is 92.4 Å². The number of ether oxygens (including phenoxy) is 6. The summed E-state index contributed by atoms with van der Waals surface area (Å²) in [6, 6.07) is 0. The number of aliphatic hydroxyl groups excluding tert-OH is 1. The predicted octanol–water partition coefficient (Wildman–Crippen LogP) is -1.31. The molecular formula is C19H43N3O7. The van der Waals surface area contributed by atoms with Crippen LogP contribution in [-0.2, 0) is 28.4 Å². The number of nitrogens with two attached hydrogens (primary N) is 2. The summed E-state index contributed by atoms with van der Waals surface area (Å²) >= 11 is 0. The average molecular weight is 426 g/mol. The van der Waals surface area contributed by atoms with Crippen LogP contribution in [0.2, 0.25) is 0 Å². The van der Waals surface area contributed by atoms with Crippen LogP contribution in [0.1, 0.15) is 6.42 Å². The molecule has 5 N–H and O–H groups in total. The van der Waals surface area contributed by atoms with Gasteiger partial charge in [0.25, 0.3) is 0 Å². The highest BCUT2D eigenvalue weighted by molar-refractivity contribution is 4.57. The van der Waals surface area contributed by atoms with Crippen LogP contribution in [0.3, 0.4) is 0 Å². The number of aliphatic hydroxyl groups is 1. The minimum absolute atomic E-state index is 0.179. The zero-order chi connectivity index (χ0) is 21.3. The molecule has 0 atom stereocenters. The molecule has 0 radical (unpaired) electrons. The van der Waals surface area contributed by atoms with Gasteiger partial charge in [-0.15, -0.1) is 0 Å². The summed E-state index contributed by atoms with van der Waals surface area (Å²) in [7, 11) is 0. The van der Waals surface area contributed by atoms with Gasteiger partial charge in [-0.1, -0.05) is 0 Å². The lowest BCUT2D eigenvalue weighted by Crippen LogP contribution is -2.33. The summed E-state index contributed by atoms with van der Waals surface area (Å²) in [5.74, 6) is 0. The molecule has 0 unspecified atom stereocenters. The molecule has 0 saturated heterocycles. The Bertz CT molecular complexity index is 281. The molecule has 0 fully saturated rings. The zero-order valence-corrected chi connectivity index (χ0v) is 17.9. The van der Waals surface area contributed by atoms with Crippen molar-refractivity contribution in [2.24, 2.45) is 11.5 Å². The van der Waals surface area contributed by atoms with Crippen molar-refractivity contribution in [2.45, 2.75) is 6.42 Å². The van der Waals surface area contributed by atoms with Gasteiger partial charge in [-0.3, -0.25) is 4.90 Å². The third-order valence-corrected chi connectivity index (χ3v) is 3.75. The van der Waals surface area contributed by atoms with Crippen molar-refractivity contribution < 1.29 is 33.5 Å². The first kappa shape index (κ1) is 28.6. The molecule has 0 amide bonds. The van der Waals surface area contributed by atoms with E-state index >= 15 is 0 Å². The fraction of sp³-hybridized carbons (Fsp3) is 1.00. The van der Waals surface area contributed by atoms with E-state index in [1.165, 1.54) is 0 Å². The second-order valence-electron chi connectivity index (χ2n) is 6.17. The molecule has 0 rings (SSSR count). The highest BCUT2D eigenvalue weighted by Gasteiger charge is 2.05. The summed E-state index contributed by atoms with van der Waals surface area (Å²) in [5, 5.41) is 9.05. The maximum Gasteiger partial charge on any atom is 0.0701 e. The predicted molar refractivity (Wildman–Crippen MR) is 111 cm³/mol. The Morgan fingerprint density at radius 2 is 0.828 bits per heavy atom. The van der Waals surface area contributed by atoms with Crippen LogP contribution in [0.5, 0.6) is 0 Å². The first-order valence-corrected chi connectivity index (χ1v) is 10.5. The molecule has 10 heteroatoms. The van der Waals surface area contributed by atoms with Crippen LogP contribution in [0.15, 0.2) is 0 Å². The third-order valence-electron chi connectivity index (χ3n) is 3.75. The SMILES string of the molecule is NCCOCCOCCOCCN(CCCO)CCOCCOCCOCCN. The Morgan fingerprint density at radius 1 is 0.483 bits per heavy atom. The molecule has 29 heavy (non-hydrogen) atoms. The molecular weight excluding hydrogens is 382 g/mol. The van der Waals surface area contributed by atoms with Gasteiger partial charge in [0.15, 0.2) is 0 Å². The van der Waals surface area contributed by atoms with Crippen LogP contribution in [0, 0.1) is 0 Å². The van der Waals surface area contributed by atoms with Crippen molar-refractivity contribution in [1.82, 2.24) is 4.90 Å². The average Bonchev–Trinajstić information content (AvgIpc) is 2.74. The summed E-state index contributed by atoms with van der Waals surface area (Å²) in [4.78, 5) is 2.22. The minimum Gasteiger partial charge on any atom is -0.396 e. The van der Waals surface area contributed by atoms with E-state index in [4.69, 9.17) is 45.0 Å². The van der Waals surface area contributed by atoms with Crippen LogP contribution >= 0.6 is 0 Å². The standard InChI is InChI=1S/C19H43N3O7/c20-2-8-24-12-16-28-18-14-26-10-5-22(4-1-7-23)6-11-27-15-19-29-17-13-25-9-3-21/h23H,1-21H2. The second kappa shape index (κ2) is 25.6. The Morgan fingerprint density at radius 3 is 1.17 bits per heavy atom. The topological polar surface area (TPSA) is 131 Å². The monoisotopic (exact) mass is 425 g/mol. The lowest BCUT2D eigenvalue weighted by atomic mass is 10.4. The summed E-state index contributed by atoms with van der Waals surface area (Å²) in [5.41, 5.74) is 10.7. The Hall–Kier alpha value is -0.400. The molecule has 0 aliphatic rings.